The van der Waals surface area contributed by atoms with Crippen molar-refractivity contribution in [2.75, 3.05) is 5.75 Å². The summed E-state index contributed by atoms with van der Waals surface area (Å²) < 4.78 is 25.5. The smallest absolute Gasteiger partial charge is 0.274 e. The van der Waals surface area contributed by atoms with Gasteiger partial charge in [-0.05, 0) is 30.2 Å². The van der Waals surface area contributed by atoms with Crippen LogP contribution in [0.1, 0.15) is 12.8 Å². The van der Waals surface area contributed by atoms with Crippen molar-refractivity contribution >= 4 is 28.6 Å². The van der Waals surface area contributed by atoms with Gasteiger partial charge in [-0.1, -0.05) is 0 Å². The van der Waals surface area contributed by atoms with Crippen molar-refractivity contribution < 1.29 is 13.6 Å². The fourth-order valence-corrected chi connectivity index (χ4v) is 2.45. The quantitative estimate of drug-likeness (QED) is 0.637. The maximum Gasteiger partial charge on any atom is 0.331 e. The molecule has 0 aromatic heterocycles. The zero-order valence-corrected chi connectivity index (χ0v) is 7.22. The summed E-state index contributed by atoms with van der Waals surface area (Å²) in [5, 5.41) is -2.43. The highest BCUT2D eigenvalue weighted by atomic mass is 35.5. The molecule has 1 unspecified atom stereocenters. The van der Waals surface area contributed by atoms with Crippen molar-refractivity contribution in [1.29, 1.82) is 0 Å². The van der Waals surface area contributed by atoms with Gasteiger partial charge in [0.2, 0.25) is 0 Å². The summed E-state index contributed by atoms with van der Waals surface area (Å²) in [5.74, 6) is -2.63. The standard InChI is InChI=1S/C6H7ClF2OS/c7-5(10)6(8,9)4-2-1-3-11-4/h4H,1-3H2. The summed E-state index contributed by atoms with van der Waals surface area (Å²) in [7, 11) is 0. The molecule has 1 aliphatic heterocycles. The maximum absolute atomic E-state index is 12.7. The number of hydrogen-bond donors (Lipinski definition) is 0. The Kier molecular flexibility index (Phi) is 2.75. The van der Waals surface area contributed by atoms with Crippen molar-refractivity contribution in [1.82, 2.24) is 0 Å². The van der Waals surface area contributed by atoms with Gasteiger partial charge in [-0.2, -0.15) is 20.5 Å². The van der Waals surface area contributed by atoms with Crippen molar-refractivity contribution in [2.45, 2.75) is 24.0 Å². The lowest BCUT2D eigenvalue weighted by Crippen LogP contribution is -2.35. The summed E-state index contributed by atoms with van der Waals surface area (Å²) in [6.07, 6.45) is 1.13. The van der Waals surface area contributed by atoms with E-state index in [-0.39, 0.29) is 0 Å². The molecule has 1 aliphatic rings. The molecule has 0 aromatic rings. The minimum absolute atomic E-state index is 0.385. The van der Waals surface area contributed by atoms with E-state index in [4.69, 9.17) is 11.6 Å². The Hall–Kier alpha value is 0.170. The average molecular weight is 201 g/mol. The van der Waals surface area contributed by atoms with Crippen LogP contribution in [-0.2, 0) is 4.79 Å². The Morgan fingerprint density at radius 3 is 2.64 bits per heavy atom. The predicted octanol–water partition coefficient (Wildman–Crippen LogP) is 2.28. The van der Waals surface area contributed by atoms with Crippen molar-refractivity contribution in [3.05, 3.63) is 0 Å². The second-order valence-electron chi connectivity index (χ2n) is 2.40. The molecule has 1 atom stereocenters. The van der Waals surface area contributed by atoms with Crippen LogP contribution in [0.25, 0.3) is 0 Å². The van der Waals surface area contributed by atoms with Crippen molar-refractivity contribution in [3.63, 3.8) is 0 Å². The minimum Gasteiger partial charge on any atom is -0.274 e. The van der Waals surface area contributed by atoms with Crippen LogP contribution in [0, 0.1) is 0 Å². The van der Waals surface area contributed by atoms with E-state index >= 15 is 0 Å². The summed E-state index contributed by atoms with van der Waals surface area (Å²) in [4.78, 5) is 10.3. The molecular weight excluding hydrogens is 194 g/mol. The number of alkyl halides is 2. The van der Waals surface area contributed by atoms with Gasteiger partial charge in [-0.25, -0.2) is 0 Å². The molecule has 0 aromatic carbocycles. The first-order valence-corrected chi connectivity index (χ1v) is 4.67. The Labute approximate surface area is 72.5 Å². The first-order valence-electron chi connectivity index (χ1n) is 3.24. The van der Waals surface area contributed by atoms with Crippen LogP contribution in [0.5, 0.6) is 0 Å². The Morgan fingerprint density at radius 2 is 2.27 bits per heavy atom. The Morgan fingerprint density at radius 1 is 1.64 bits per heavy atom. The molecule has 0 spiro atoms. The third-order valence-electron chi connectivity index (χ3n) is 1.60. The molecule has 5 heteroatoms. The molecule has 1 fully saturated rings. The van der Waals surface area contributed by atoms with Crippen LogP contribution in [0.3, 0.4) is 0 Å². The number of carbonyl (C=O) groups is 1. The molecule has 1 nitrogen and oxygen atoms in total. The zero-order chi connectivity index (χ0) is 8.48. The minimum atomic E-state index is -3.33. The van der Waals surface area contributed by atoms with E-state index in [1.807, 2.05) is 0 Å². The fraction of sp³-hybridized carbons (Fsp3) is 0.833. The van der Waals surface area contributed by atoms with E-state index in [1.165, 1.54) is 0 Å². The van der Waals surface area contributed by atoms with Gasteiger partial charge in [0, 0.05) is 0 Å². The van der Waals surface area contributed by atoms with Crippen LogP contribution in [-0.4, -0.2) is 22.2 Å². The van der Waals surface area contributed by atoms with E-state index < -0.39 is 16.4 Å². The molecule has 1 rings (SSSR count). The largest absolute Gasteiger partial charge is 0.331 e. The highest BCUT2D eigenvalue weighted by molar-refractivity contribution is 8.00. The summed E-state index contributed by atoms with van der Waals surface area (Å²) >= 11 is 5.87. The first kappa shape index (κ1) is 9.26. The third-order valence-corrected chi connectivity index (χ3v) is 3.31. The number of halogens is 3. The van der Waals surface area contributed by atoms with Gasteiger partial charge in [-0.15, -0.1) is 0 Å². The van der Waals surface area contributed by atoms with Crippen LogP contribution in [0.15, 0.2) is 0 Å². The Balaban J connectivity index is 2.62. The second kappa shape index (κ2) is 3.27. The highest BCUT2D eigenvalue weighted by Crippen LogP contribution is 2.39. The third kappa shape index (κ3) is 1.85. The number of hydrogen-bond acceptors (Lipinski definition) is 2. The molecule has 0 saturated carbocycles. The monoisotopic (exact) mass is 200 g/mol. The van der Waals surface area contributed by atoms with Gasteiger partial charge in [0.15, 0.2) is 0 Å². The molecule has 0 radical (unpaired) electrons. The highest BCUT2D eigenvalue weighted by Gasteiger charge is 2.47. The lowest BCUT2D eigenvalue weighted by molar-refractivity contribution is -0.133. The Bertz CT molecular complexity index is 168. The molecule has 1 heterocycles. The number of rotatable bonds is 2. The van der Waals surface area contributed by atoms with Gasteiger partial charge in [0.25, 0.3) is 5.24 Å². The van der Waals surface area contributed by atoms with Crippen LogP contribution in [0.2, 0.25) is 0 Å². The van der Waals surface area contributed by atoms with Crippen molar-refractivity contribution in [3.8, 4) is 0 Å². The molecule has 1 saturated heterocycles. The van der Waals surface area contributed by atoms with Gasteiger partial charge >= 0.3 is 5.92 Å². The molecule has 11 heavy (non-hydrogen) atoms. The summed E-state index contributed by atoms with van der Waals surface area (Å²) in [5.41, 5.74) is 0. The molecule has 64 valence electrons. The number of thioether (sulfide) groups is 1. The van der Waals surface area contributed by atoms with E-state index in [9.17, 15) is 13.6 Å². The SMILES string of the molecule is O=C(Cl)C(F)(F)C1CCCS1. The second-order valence-corrected chi connectivity index (χ2v) is 4.05. The van der Waals surface area contributed by atoms with Crippen LogP contribution in [0.4, 0.5) is 8.78 Å². The van der Waals surface area contributed by atoms with E-state index in [1.54, 1.807) is 0 Å². The predicted molar refractivity (Wildman–Crippen MR) is 41.3 cm³/mol. The van der Waals surface area contributed by atoms with Crippen LogP contribution >= 0.6 is 23.4 Å². The van der Waals surface area contributed by atoms with E-state index in [2.05, 4.69) is 0 Å². The number of carbonyl (C=O) groups excluding carboxylic acids is 1. The zero-order valence-electron chi connectivity index (χ0n) is 5.65. The van der Waals surface area contributed by atoms with E-state index in [0.29, 0.717) is 12.2 Å². The van der Waals surface area contributed by atoms with Gasteiger partial charge in [-0.3, -0.25) is 4.79 Å². The first-order chi connectivity index (χ1) is 5.05. The lowest BCUT2D eigenvalue weighted by Gasteiger charge is -2.17. The normalized spacial score (nSPS) is 25.5. The summed E-state index contributed by atoms with van der Waals surface area (Å²) in [6, 6.07) is 0. The fourth-order valence-electron chi connectivity index (χ4n) is 0.990. The van der Waals surface area contributed by atoms with Gasteiger partial charge < -0.3 is 0 Å². The average Bonchev–Trinajstić information content (AvgIpc) is 2.37. The summed E-state index contributed by atoms with van der Waals surface area (Å²) in [6.45, 7) is 0. The topological polar surface area (TPSA) is 17.1 Å². The van der Waals surface area contributed by atoms with Gasteiger partial charge in [0.1, 0.15) is 0 Å². The van der Waals surface area contributed by atoms with Crippen molar-refractivity contribution in [2.24, 2.45) is 0 Å². The lowest BCUT2D eigenvalue weighted by atomic mass is 10.1. The molecule has 0 N–H and O–H groups in total. The molecular formula is C6H7ClF2OS. The van der Waals surface area contributed by atoms with Gasteiger partial charge in [0.05, 0.1) is 5.25 Å². The molecule has 0 bridgehead atoms. The maximum atomic E-state index is 12.7. The van der Waals surface area contributed by atoms with E-state index in [0.717, 1.165) is 18.2 Å². The molecule has 0 amide bonds. The van der Waals surface area contributed by atoms with Crippen LogP contribution < -0.4 is 0 Å². The molecule has 0 aliphatic carbocycles.